The van der Waals surface area contributed by atoms with Crippen LogP contribution in [0.2, 0.25) is 0 Å². The van der Waals surface area contributed by atoms with Crippen LogP contribution in [0.1, 0.15) is 53.4 Å². The van der Waals surface area contributed by atoms with Crippen molar-refractivity contribution in [3.8, 4) is 0 Å². The quantitative estimate of drug-likeness (QED) is 0.282. The molecule has 0 radical (unpaired) electrons. The fourth-order valence-corrected chi connectivity index (χ4v) is 11.1. The standard InChI is InChI=1S/C30H34O7/c1-15-11-19-21(16(2)23(31)34-19)22-30(36-22)25(3)9-10-29(15,30)28(13-25)18-6-5-17-7-8-26(4)33-14-27(17,37-26)12-20(18)35-24(28)32/h5,7-10,15-16,18-22H,6,11-14H2,1-4H3. The van der Waals surface area contributed by atoms with Gasteiger partial charge in [-0.05, 0) is 43.8 Å². The fourth-order valence-electron chi connectivity index (χ4n) is 11.1. The third kappa shape index (κ3) is 2.00. The summed E-state index contributed by atoms with van der Waals surface area (Å²) in [6, 6.07) is 0. The van der Waals surface area contributed by atoms with E-state index in [9.17, 15) is 9.59 Å². The Morgan fingerprint density at radius 2 is 1.86 bits per heavy atom. The third-order valence-electron chi connectivity index (χ3n) is 12.5. The predicted octanol–water partition coefficient (Wildman–Crippen LogP) is 3.63. The lowest BCUT2D eigenvalue weighted by molar-refractivity contribution is -0.159. The smallest absolute Gasteiger partial charge is 0.313 e. The maximum atomic E-state index is 14.4. The van der Waals surface area contributed by atoms with Gasteiger partial charge < -0.3 is 23.7 Å². The number of esters is 2. The molecule has 3 spiro atoms. The number of allylic oxidation sites excluding steroid dienone is 1. The van der Waals surface area contributed by atoms with Crippen LogP contribution in [0.25, 0.3) is 0 Å². The second kappa shape index (κ2) is 5.95. The number of rotatable bonds is 0. The van der Waals surface area contributed by atoms with Crippen LogP contribution in [0.3, 0.4) is 0 Å². The SMILES string of the molecule is CC1C(=O)OC2CC(C)C34C=CC(C)(CC35C(=O)OC3CC67COC(C)(C=CC6=CCC35)O7)C43OC3C21. The Morgan fingerprint density at radius 1 is 1.03 bits per heavy atom. The van der Waals surface area contributed by atoms with Gasteiger partial charge in [-0.25, -0.2) is 0 Å². The number of epoxide rings is 1. The van der Waals surface area contributed by atoms with Crippen LogP contribution in [0.15, 0.2) is 36.0 Å². The maximum Gasteiger partial charge on any atom is 0.313 e. The van der Waals surface area contributed by atoms with Gasteiger partial charge in [-0.3, -0.25) is 9.59 Å². The molecule has 0 aromatic rings. The molecule has 5 heterocycles. The first kappa shape index (κ1) is 21.9. The Balaban J connectivity index is 1.20. The van der Waals surface area contributed by atoms with E-state index >= 15 is 0 Å². The van der Waals surface area contributed by atoms with Crippen molar-refractivity contribution in [2.45, 2.75) is 88.7 Å². The molecule has 4 aliphatic carbocycles. The summed E-state index contributed by atoms with van der Waals surface area (Å²) >= 11 is 0. The first-order valence-corrected chi connectivity index (χ1v) is 14.1. The Labute approximate surface area is 216 Å². The van der Waals surface area contributed by atoms with E-state index in [0.717, 1.165) is 24.8 Å². The Hall–Kier alpha value is -1.96. The number of carbonyl (C=O) groups excluding carboxylic acids is 2. The first-order valence-electron chi connectivity index (χ1n) is 14.1. The van der Waals surface area contributed by atoms with E-state index in [1.165, 1.54) is 0 Å². The zero-order chi connectivity index (χ0) is 25.4. The van der Waals surface area contributed by atoms with E-state index in [4.69, 9.17) is 23.7 Å². The van der Waals surface area contributed by atoms with Crippen LogP contribution < -0.4 is 0 Å². The number of hydrogen-bond donors (Lipinski definition) is 0. The molecule has 0 amide bonds. The van der Waals surface area contributed by atoms with Gasteiger partial charge in [0.1, 0.15) is 23.4 Å². The average molecular weight is 507 g/mol. The number of ether oxygens (including phenoxy) is 5. The molecule has 4 bridgehead atoms. The highest BCUT2D eigenvalue weighted by Gasteiger charge is 2.94. The fraction of sp³-hybridized carbons (Fsp3) is 0.733. The molecule has 4 saturated heterocycles. The van der Waals surface area contributed by atoms with Crippen LogP contribution in [0.4, 0.5) is 0 Å². The first-order chi connectivity index (χ1) is 17.5. The second-order valence-electron chi connectivity index (χ2n) is 13.9. The lowest BCUT2D eigenvalue weighted by Crippen LogP contribution is -2.54. The largest absolute Gasteiger partial charge is 0.462 e. The molecule has 6 fully saturated rings. The van der Waals surface area contributed by atoms with Crippen molar-refractivity contribution in [1.82, 2.24) is 0 Å². The molecule has 13 unspecified atom stereocenters. The molecule has 37 heavy (non-hydrogen) atoms. The van der Waals surface area contributed by atoms with Gasteiger partial charge in [-0.2, -0.15) is 0 Å². The minimum atomic E-state index is -0.723. The van der Waals surface area contributed by atoms with Crippen molar-refractivity contribution in [2.24, 2.45) is 39.9 Å². The molecule has 7 heteroatoms. The summed E-state index contributed by atoms with van der Waals surface area (Å²) in [5.74, 6) is -0.949. The summed E-state index contributed by atoms with van der Waals surface area (Å²) < 4.78 is 31.8. The van der Waals surface area contributed by atoms with Crippen LogP contribution in [-0.4, -0.2) is 53.8 Å². The number of fused-ring (bicyclic) bond motifs is 5. The lowest BCUT2D eigenvalue weighted by Gasteiger charge is -2.48. The molecule has 0 aromatic carbocycles. The summed E-state index contributed by atoms with van der Waals surface area (Å²) in [5, 5.41) is 0. The molecule has 0 N–H and O–H groups in total. The van der Waals surface area contributed by atoms with Gasteiger partial charge in [0.25, 0.3) is 0 Å². The van der Waals surface area contributed by atoms with Gasteiger partial charge in [0.15, 0.2) is 5.79 Å². The molecule has 9 aliphatic rings. The van der Waals surface area contributed by atoms with Crippen molar-refractivity contribution in [2.75, 3.05) is 6.61 Å². The minimum absolute atomic E-state index is 0.0187. The number of carbonyl (C=O) groups is 2. The Kier molecular flexibility index (Phi) is 3.52. The average Bonchev–Trinajstić information content (AvgIpc) is 3.26. The summed E-state index contributed by atoms with van der Waals surface area (Å²) in [7, 11) is 0. The van der Waals surface area contributed by atoms with E-state index in [1.54, 1.807) is 0 Å². The van der Waals surface area contributed by atoms with Crippen LogP contribution in [0.5, 0.6) is 0 Å². The van der Waals surface area contributed by atoms with E-state index in [-0.39, 0.29) is 59.3 Å². The van der Waals surface area contributed by atoms with Crippen molar-refractivity contribution in [3.05, 3.63) is 36.0 Å². The zero-order valence-corrected chi connectivity index (χ0v) is 21.8. The highest BCUT2D eigenvalue weighted by atomic mass is 16.8. The molecular weight excluding hydrogens is 472 g/mol. The molecular formula is C30H34O7. The van der Waals surface area contributed by atoms with E-state index in [2.05, 4.69) is 38.2 Å². The number of hydrogen-bond acceptors (Lipinski definition) is 7. The van der Waals surface area contributed by atoms with Crippen molar-refractivity contribution < 1.29 is 33.3 Å². The summed E-state index contributed by atoms with van der Waals surface area (Å²) in [6.45, 7) is 8.92. The molecule has 5 aliphatic heterocycles. The van der Waals surface area contributed by atoms with Gasteiger partial charge in [-0.1, -0.05) is 45.1 Å². The van der Waals surface area contributed by atoms with Gasteiger partial charge in [-0.15, -0.1) is 0 Å². The second-order valence-corrected chi connectivity index (χ2v) is 13.9. The van der Waals surface area contributed by atoms with Gasteiger partial charge >= 0.3 is 11.9 Å². The molecule has 2 saturated carbocycles. The van der Waals surface area contributed by atoms with E-state index in [0.29, 0.717) is 13.0 Å². The van der Waals surface area contributed by atoms with Crippen LogP contribution >= 0.6 is 0 Å². The van der Waals surface area contributed by atoms with Gasteiger partial charge in [0, 0.05) is 29.1 Å². The lowest BCUT2D eigenvalue weighted by atomic mass is 9.51. The zero-order valence-electron chi connectivity index (χ0n) is 21.8. The van der Waals surface area contributed by atoms with Crippen molar-refractivity contribution in [3.63, 3.8) is 0 Å². The monoisotopic (exact) mass is 506 g/mol. The van der Waals surface area contributed by atoms with Crippen molar-refractivity contribution in [1.29, 1.82) is 0 Å². The molecule has 7 nitrogen and oxygen atoms in total. The highest BCUT2D eigenvalue weighted by molar-refractivity contribution is 5.85. The molecule has 9 rings (SSSR count). The molecule has 196 valence electrons. The maximum absolute atomic E-state index is 14.4. The van der Waals surface area contributed by atoms with Crippen LogP contribution in [0, 0.1) is 39.9 Å². The van der Waals surface area contributed by atoms with E-state index in [1.807, 2.05) is 19.9 Å². The summed E-state index contributed by atoms with van der Waals surface area (Å²) in [4.78, 5) is 27.0. The third-order valence-corrected chi connectivity index (χ3v) is 12.5. The molecule has 0 aromatic heterocycles. The van der Waals surface area contributed by atoms with Crippen molar-refractivity contribution >= 4 is 11.9 Å². The van der Waals surface area contributed by atoms with Gasteiger partial charge in [0.2, 0.25) is 0 Å². The van der Waals surface area contributed by atoms with E-state index < -0.39 is 27.8 Å². The highest BCUT2D eigenvalue weighted by Crippen LogP contribution is 2.87. The normalized spacial score (nSPS) is 63.1. The summed E-state index contributed by atoms with van der Waals surface area (Å²) in [6.07, 6.45) is 13.5. The Morgan fingerprint density at radius 3 is 2.70 bits per heavy atom. The van der Waals surface area contributed by atoms with Crippen LogP contribution in [-0.2, 0) is 33.3 Å². The topological polar surface area (TPSA) is 83.6 Å². The minimum Gasteiger partial charge on any atom is -0.462 e. The predicted molar refractivity (Wildman–Crippen MR) is 129 cm³/mol. The Bertz CT molecular complexity index is 1280. The van der Waals surface area contributed by atoms with Gasteiger partial charge in [0.05, 0.1) is 24.0 Å². The molecule has 13 atom stereocenters. The summed E-state index contributed by atoms with van der Waals surface area (Å²) in [5.41, 5.74) is -1.40.